The van der Waals surface area contributed by atoms with E-state index in [1.807, 2.05) is 0 Å². The van der Waals surface area contributed by atoms with Gasteiger partial charge in [0.15, 0.2) is 0 Å². The van der Waals surface area contributed by atoms with Gasteiger partial charge < -0.3 is 9.80 Å². The minimum Gasteiger partial charge on any atom is -0.459 e. The van der Waals surface area contributed by atoms with Gasteiger partial charge in [0.05, 0.1) is 0 Å². The van der Waals surface area contributed by atoms with Crippen LogP contribution in [0.25, 0.3) is 0 Å². The van der Waals surface area contributed by atoms with Crippen molar-refractivity contribution in [2.45, 2.75) is 19.8 Å². The fourth-order valence-electron chi connectivity index (χ4n) is 1.74. The third kappa shape index (κ3) is 5.87. The molecule has 3 heteroatoms. The Morgan fingerprint density at radius 3 is 2.38 bits per heavy atom. The summed E-state index contributed by atoms with van der Waals surface area (Å²) in [5.41, 5.74) is 0. The maximum atomic E-state index is 3.95. The Hall–Kier alpha value is 1.56. The van der Waals surface area contributed by atoms with Crippen LogP contribution in [0.5, 0.6) is 0 Å². The van der Waals surface area contributed by atoms with E-state index >= 15 is 0 Å². The van der Waals surface area contributed by atoms with Gasteiger partial charge in [-0.15, -0.1) is 0 Å². The summed E-state index contributed by atoms with van der Waals surface area (Å²) in [4.78, 5) is 4.59. The largest absolute Gasteiger partial charge is 1.00 e. The molecule has 0 aliphatic carbocycles. The molecule has 2 nitrogen and oxygen atoms in total. The minimum atomic E-state index is 0. The standard InChI is InChI=1S/C10H21N2.K/c1-4-11(2)9-10-5-7-12(3)8-6-10;/h10H,3-9H2,1-2H3;/q-1;+1. The molecule has 0 spiro atoms. The van der Waals surface area contributed by atoms with Crippen LogP contribution in [-0.2, 0) is 0 Å². The summed E-state index contributed by atoms with van der Waals surface area (Å²) in [5.74, 6) is 0.910. The van der Waals surface area contributed by atoms with Crippen molar-refractivity contribution in [1.82, 2.24) is 9.80 Å². The van der Waals surface area contributed by atoms with E-state index in [9.17, 15) is 0 Å². The first-order chi connectivity index (χ1) is 5.72. The van der Waals surface area contributed by atoms with Gasteiger partial charge in [0.1, 0.15) is 0 Å². The molecule has 0 atom stereocenters. The van der Waals surface area contributed by atoms with Crippen LogP contribution in [0.3, 0.4) is 0 Å². The third-order valence-electron chi connectivity index (χ3n) is 2.82. The molecular weight excluding hydrogens is 187 g/mol. The Bertz CT molecular complexity index is 122. The number of likely N-dealkylation sites (tertiary alicyclic amines) is 1. The molecule has 1 saturated heterocycles. The van der Waals surface area contributed by atoms with Crippen LogP contribution in [0.2, 0.25) is 0 Å². The Kier molecular flexibility index (Phi) is 8.73. The SMILES string of the molecule is [CH2-]N1CCC(CN(C)CC)CC1.[K+]. The van der Waals surface area contributed by atoms with E-state index in [0.29, 0.717) is 0 Å². The smallest absolute Gasteiger partial charge is 0.459 e. The average molecular weight is 208 g/mol. The van der Waals surface area contributed by atoms with E-state index in [0.717, 1.165) is 5.92 Å². The monoisotopic (exact) mass is 208 g/mol. The van der Waals surface area contributed by atoms with Crippen LogP contribution in [0.1, 0.15) is 19.8 Å². The molecule has 0 amide bonds. The summed E-state index contributed by atoms with van der Waals surface area (Å²) < 4.78 is 0. The second-order valence-electron chi connectivity index (χ2n) is 3.92. The van der Waals surface area contributed by atoms with E-state index in [2.05, 4.69) is 30.8 Å². The van der Waals surface area contributed by atoms with Crippen molar-refractivity contribution in [2.24, 2.45) is 5.92 Å². The number of nitrogens with zero attached hydrogens (tertiary/aromatic N) is 2. The molecule has 0 aromatic heterocycles. The van der Waals surface area contributed by atoms with E-state index in [4.69, 9.17) is 0 Å². The molecule has 1 aliphatic rings. The molecule has 1 heterocycles. The van der Waals surface area contributed by atoms with E-state index in [1.165, 1.54) is 39.0 Å². The molecular formula is C10H21KN2. The fourth-order valence-corrected chi connectivity index (χ4v) is 1.74. The molecule has 0 radical (unpaired) electrons. The van der Waals surface area contributed by atoms with Gasteiger partial charge in [0.25, 0.3) is 0 Å². The predicted octanol–water partition coefficient (Wildman–Crippen LogP) is -1.55. The molecule has 0 aromatic rings. The fraction of sp³-hybridized carbons (Fsp3) is 0.900. The van der Waals surface area contributed by atoms with Crippen molar-refractivity contribution in [1.29, 1.82) is 0 Å². The zero-order chi connectivity index (χ0) is 8.97. The summed E-state index contributed by atoms with van der Waals surface area (Å²) in [6, 6.07) is 0. The molecule has 0 bridgehead atoms. The second kappa shape index (κ2) is 7.80. The topological polar surface area (TPSA) is 6.48 Å². The first-order valence-corrected chi connectivity index (χ1v) is 4.96. The van der Waals surface area contributed by atoms with Crippen molar-refractivity contribution < 1.29 is 51.4 Å². The molecule has 13 heavy (non-hydrogen) atoms. The van der Waals surface area contributed by atoms with Gasteiger partial charge in [-0.1, -0.05) is 6.92 Å². The molecule has 1 fully saturated rings. The van der Waals surface area contributed by atoms with Gasteiger partial charge in [-0.2, -0.15) is 0 Å². The van der Waals surface area contributed by atoms with Crippen molar-refractivity contribution in [3.63, 3.8) is 0 Å². The summed E-state index contributed by atoms with van der Waals surface area (Å²) >= 11 is 0. The maximum absolute atomic E-state index is 3.95. The normalized spacial score (nSPS) is 20.3. The number of hydrogen-bond acceptors (Lipinski definition) is 2. The maximum Gasteiger partial charge on any atom is 1.00 e. The summed E-state index contributed by atoms with van der Waals surface area (Å²) in [7, 11) is 6.16. The van der Waals surface area contributed by atoms with Crippen LogP contribution in [-0.4, -0.2) is 43.0 Å². The van der Waals surface area contributed by atoms with Gasteiger partial charge in [0, 0.05) is 6.54 Å². The summed E-state index contributed by atoms with van der Waals surface area (Å²) in [6.07, 6.45) is 2.65. The summed E-state index contributed by atoms with van der Waals surface area (Å²) in [5, 5.41) is 0. The zero-order valence-electron chi connectivity index (χ0n) is 9.42. The van der Waals surface area contributed by atoms with Crippen LogP contribution in [0.4, 0.5) is 0 Å². The Morgan fingerprint density at radius 2 is 1.92 bits per heavy atom. The van der Waals surface area contributed by atoms with Gasteiger partial charge >= 0.3 is 51.4 Å². The van der Waals surface area contributed by atoms with E-state index in [-0.39, 0.29) is 51.4 Å². The molecule has 72 valence electrons. The van der Waals surface area contributed by atoms with Gasteiger partial charge in [-0.05, 0) is 45.4 Å². The van der Waals surface area contributed by atoms with Crippen molar-refractivity contribution >= 4 is 0 Å². The molecule has 0 unspecified atom stereocenters. The van der Waals surface area contributed by atoms with E-state index < -0.39 is 0 Å². The van der Waals surface area contributed by atoms with Crippen LogP contribution in [0.15, 0.2) is 0 Å². The Balaban J connectivity index is 0.00000144. The first kappa shape index (κ1) is 14.6. The van der Waals surface area contributed by atoms with Crippen LogP contribution in [0, 0.1) is 13.0 Å². The van der Waals surface area contributed by atoms with Crippen LogP contribution < -0.4 is 51.4 Å². The number of hydrogen-bond donors (Lipinski definition) is 0. The first-order valence-electron chi connectivity index (χ1n) is 4.96. The molecule has 1 aliphatic heterocycles. The number of rotatable bonds is 3. The minimum absolute atomic E-state index is 0. The molecule has 0 aromatic carbocycles. The molecule has 0 N–H and O–H groups in total. The van der Waals surface area contributed by atoms with Gasteiger partial charge in [-0.3, -0.25) is 7.05 Å². The van der Waals surface area contributed by atoms with Crippen LogP contribution >= 0.6 is 0 Å². The Labute approximate surface area is 125 Å². The number of piperidine rings is 1. The molecule has 0 saturated carbocycles. The zero-order valence-corrected chi connectivity index (χ0v) is 12.5. The van der Waals surface area contributed by atoms with Crippen molar-refractivity contribution in [3.05, 3.63) is 7.05 Å². The summed E-state index contributed by atoms with van der Waals surface area (Å²) in [6.45, 7) is 7.02. The van der Waals surface area contributed by atoms with Gasteiger partial charge in [-0.25, -0.2) is 0 Å². The quantitative estimate of drug-likeness (QED) is 0.409. The van der Waals surface area contributed by atoms with Crippen molar-refractivity contribution in [3.8, 4) is 0 Å². The second-order valence-corrected chi connectivity index (χ2v) is 3.92. The Morgan fingerprint density at radius 1 is 1.38 bits per heavy atom. The average Bonchev–Trinajstić information content (AvgIpc) is 2.09. The van der Waals surface area contributed by atoms with Crippen molar-refractivity contribution in [2.75, 3.05) is 33.2 Å². The van der Waals surface area contributed by atoms with E-state index in [1.54, 1.807) is 0 Å². The predicted molar refractivity (Wildman–Crippen MR) is 52.8 cm³/mol. The van der Waals surface area contributed by atoms with Gasteiger partial charge in [0.2, 0.25) is 0 Å². The third-order valence-corrected chi connectivity index (χ3v) is 2.82. The molecule has 1 rings (SSSR count).